The molecule has 0 saturated heterocycles. The third kappa shape index (κ3) is 6.99. The van der Waals surface area contributed by atoms with E-state index in [1.54, 1.807) is 13.3 Å². The summed E-state index contributed by atoms with van der Waals surface area (Å²) in [5, 5.41) is 16.5. The predicted molar refractivity (Wildman–Crippen MR) is 152 cm³/mol. The van der Waals surface area contributed by atoms with Crippen LogP contribution in [0.3, 0.4) is 0 Å². The number of para-hydroxylation sites is 1. The lowest BCUT2D eigenvalue weighted by Gasteiger charge is -2.13. The van der Waals surface area contributed by atoms with E-state index < -0.39 is 5.25 Å². The highest BCUT2D eigenvalue weighted by atomic mass is 79.9. The maximum Gasteiger partial charge on any atom is 0.253 e. The average molecular weight is 580 g/mol. The largest absolute Gasteiger partial charge is 0.496 e. The normalized spacial score (nSPS) is 11.9. The Morgan fingerprint density at radius 1 is 1.14 bits per heavy atom. The van der Waals surface area contributed by atoms with Gasteiger partial charge in [0.2, 0.25) is 0 Å². The fraction of sp³-hybridized carbons (Fsp3) is 0.185. The summed E-state index contributed by atoms with van der Waals surface area (Å²) in [4.78, 5) is 12.8. The second-order valence-corrected chi connectivity index (χ2v) is 10.4. The smallest absolute Gasteiger partial charge is 0.253 e. The van der Waals surface area contributed by atoms with E-state index in [1.165, 1.54) is 17.3 Å². The number of aromatic nitrogens is 3. The first kappa shape index (κ1) is 26.4. The number of amides is 1. The van der Waals surface area contributed by atoms with E-state index in [0.717, 1.165) is 27.2 Å². The lowest BCUT2D eigenvalue weighted by atomic mass is 10.2. The maximum atomic E-state index is 12.8. The molecule has 1 amide bonds. The van der Waals surface area contributed by atoms with Crippen LogP contribution in [0.4, 0.5) is 5.69 Å². The molecule has 190 valence electrons. The lowest BCUT2D eigenvalue weighted by Crippen LogP contribution is -2.27. The monoisotopic (exact) mass is 578 g/mol. The zero-order valence-corrected chi connectivity index (χ0v) is 23.1. The third-order valence-electron chi connectivity index (χ3n) is 5.44. The van der Waals surface area contributed by atoms with Crippen LogP contribution < -0.4 is 15.5 Å². The Balaban J connectivity index is 1.47. The molecule has 1 aromatic heterocycles. The molecular weight excluding hydrogens is 552 g/mol. The van der Waals surface area contributed by atoms with E-state index in [4.69, 9.17) is 4.74 Å². The molecule has 1 unspecified atom stereocenters. The minimum Gasteiger partial charge on any atom is -0.496 e. The molecular formula is C27H27BrN6O2S. The van der Waals surface area contributed by atoms with E-state index in [2.05, 4.69) is 61.0 Å². The molecule has 0 bridgehead atoms. The van der Waals surface area contributed by atoms with Crippen molar-refractivity contribution in [2.45, 2.75) is 30.8 Å². The maximum absolute atomic E-state index is 12.8. The minimum absolute atomic E-state index is 0.253. The Morgan fingerprint density at radius 3 is 2.62 bits per heavy atom. The highest BCUT2D eigenvalue weighted by molar-refractivity contribution is 9.10. The lowest BCUT2D eigenvalue weighted by molar-refractivity contribution is -0.120. The molecule has 0 aliphatic carbocycles. The van der Waals surface area contributed by atoms with Crippen molar-refractivity contribution in [2.75, 3.05) is 12.4 Å². The van der Waals surface area contributed by atoms with Gasteiger partial charge in [-0.05, 0) is 56.3 Å². The molecule has 8 nitrogen and oxygen atoms in total. The quantitative estimate of drug-likeness (QED) is 0.145. The van der Waals surface area contributed by atoms with Gasteiger partial charge in [-0.3, -0.25) is 9.36 Å². The molecule has 0 spiro atoms. The predicted octanol–water partition coefficient (Wildman–Crippen LogP) is 5.59. The van der Waals surface area contributed by atoms with Crippen molar-refractivity contribution in [1.82, 2.24) is 20.2 Å². The topological polar surface area (TPSA) is 93.4 Å². The fourth-order valence-corrected chi connectivity index (χ4v) is 4.71. The summed E-state index contributed by atoms with van der Waals surface area (Å²) in [7, 11) is 1.59. The van der Waals surface area contributed by atoms with Crippen LogP contribution in [-0.2, 0) is 11.3 Å². The van der Waals surface area contributed by atoms with Crippen LogP contribution >= 0.6 is 27.7 Å². The molecule has 0 aliphatic heterocycles. The number of carbonyl (C=O) groups is 1. The van der Waals surface area contributed by atoms with Gasteiger partial charge in [0.1, 0.15) is 5.75 Å². The number of methoxy groups -OCH3 is 1. The first-order chi connectivity index (χ1) is 17.9. The highest BCUT2D eigenvalue weighted by Crippen LogP contribution is 2.26. The SMILES string of the molecule is COc1ccc(Br)cc1C=NNC(=O)C(C)Sc1nnc(CNc2ccc(C)cc2)n1-c1ccccc1. The number of nitrogens with zero attached hydrogens (tertiary/aromatic N) is 4. The van der Waals surface area contributed by atoms with E-state index in [0.29, 0.717) is 17.5 Å². The molecule has 37 heavy (non-hydrogen) atoms. The zero-order valence-electron chi connectivity index (χ0n) is 20.7. The van der Waals surface area contributed by atoms with Gasteiger partial charge in [0.05, 0.1) is 25.1 Å². The molecule has 0 aliphatic rings. The van der Waals surface area contributed by atoms with Crippen LogP contribution in [0.5, 0.6) is 5.75 Å². The summed E-state index contributed by atoms with van der Waals surface area (Å²) >= 11 is 4.75. The second-order valence-electron chi connectivity index (χ2n) is 8.17. The van der Waals surface area contributed by atoms with Crippen molar-refractivity contribution >= 4 is 45.5 Å². The summed E-state index contributed by atoms with van der Waals surface area (Å²) in [6, 6.07) is 23.6. The Labute approximate surface area is 228 Å². The van der Waals surface area contributed by atoms with Gasteiger partial charge in [-0.15, -0.1) is 10.2 Å². The Hall–Kier alpha value is -3.63. The van der Waals surface area contributed by atoms with Crippen LogP contribution in [-0.4, -0.2) is 39.2 Å². The molecule has 2 N–H and O–H groups in total. The number of rotatable bonds is 10. The van der Waals surface area contributed by atoms with E-state index in [-0.39, 0.29) is 5.91 Å². The number of ether oxygens (including phenoxy) is 1. The summed E-state index contributed by atoms with van der Waals surface area (Å²) in [6.07, 6.45) is 1.56. The van der Waals surface area contributed by atoms with Crippen LogP contribution in [0.25, 0.3) is 5.69 Å². The summed E-state index contributed by atoms with van der Waals surface area (Å²) in [5.41, 5.74) is 6.46. The van der Waals surface area contributed by atoms with Crippen LogP contribution in [0.1, 0.15) is 23.9 Å². The molecule has 4 rings (SSSR count). The molecule has 4 aromatic rings. The number of hydrazone groups is 1. The third-order valence-corrected chi connectivity index (χ3v) is 6.97. The molecule has 10 heteroatoms. The fourth-order valence-electron chi connectivity index (χ4n) is 3.45. The van der Waals surface area contributed by atoms with Crippen molar-refractivity contribution in [3.8, 4) is 11.4 Å². The Bertz CT molecular complexity index is 1380. The first-order valence-corrected chi connectivity index (χ1v) is 13.2. The number of hydrogen-bond acceptors (Lipinski definition) is 7. The molecule has 1 atom stereocenters. The van der Waals surface area contributed by atoms with Crippen molar-refractivity contribution in [3.63, 3.8) is 0 Å². The number of benzene rings is 3. The average Bonchev–Trinajstić information content (AvgIpc) is 3.31. The van der Waals surface area contributed by atoms with Crippen LogP contribution in [0.2, 0.25) is 0 Å². The molecule has 0 fully saturated rings. The minimum atomic E-state index is -0.467. The Morgan fingerprint density at radius 2 is 1.89 bits per heavy atom. The van der Waals surface area contributed by atoms with Crippen LogP contribution in [0.15, 0.2) is 87.5 Å². The van der Waals surface area contributed by atoms with Gasteiger partial charge < -0.3 is 10.1 Å². The number of anilines is 1. The first-order valence-electron chi connectivity index (χ1n) is 11.6. The number of carbonyl (C=O) groups excluding carboxylic acids is 1. The summed E-state index contributed by atoms with van der Waals surface area (Å²) in [6.45, 7) is 4.34. The Kier molecular flexibility index (Phi) is 8.97. The molecule has 1 heterocycles. The van der Waals surface area contributed by atoms with E-state index >= 15 is 0 Å². The van der Waals surface area contributed by atoms with Crippen molar-refractivity contribution in [1.29, 1.82) is 0 Å². The van der Waals surface area contributed by atoms with Gasteiger partial charge >= 0.3 is 0 Å². The van der Waals surface area contributed by atoms with E-state index in [9.17, 15) is 4.79 Å². The van der Waals surface area contributed by atoms with Gasteiger partial charge in [-0.2, -0.15) is 5.10 Å². The number of thioether (sulfide) groups is 1. The summed E-state index contributed by atoms with van der Waals surface area (Å²) in [5.74, 6) is 1.14. The highest BCUT2D eigenvalue weighted by Gasteiger charge is 2.21. The zero-order chi connectivity index (χ0) is 26.2. The molecule has 0 radical (unpaired) electrons. The standard InChI is InChI=1S/C27H27BrN6O2S/c1-18-9-12-22(13-10-18)29-17-25-31-33-27(34(25)23-7-5-4-6-8-23)37-19(2)26(35)32-30-16-20-15-21(28)11-14-24(20)36-3/h4-16,19,29H,17H2,1-3H3,(H,32,35). The van der Waals surface area contributed by atoms with Crippen molar-refractivity contribution in [2.24, 2.45) is 5.10 Å². The van der Waals surface area contributed by atoms with Gasteiger partial charge in [-0.1, -0.05) is 63.6 Å². The summed E-state index contributed by atoms with van der Waals surface area (Å²) < 4.78 is 8.19. The molecule has 0 saturated carbocycles. The van der Waals surface area contributed by atoms with Gasteiger partial charge in [0.25, 0.3) is 5.91 Å². The number of aryl methyl sites for hydroxylation is 1. The van der Waals surface area contributed by atoms with Gasteiger partial charge in [0.15, 0.2) is 11.0 Å². The number of nitrogens with one attached hydrogen (secondary N) is 2. The van der Waals surface area contributed by atoms with E-state index in [1.807, 2.05) is 72.2 Å². The number of hydrogen-bond donors (Lipinski definition) is 2. The van der Waals surface area contributed by atoms with Crippen molar-refractivity contribution < 1.29 is 9.53 Å². The van der Waals surface area contributed by atoms with Crippen LogP contribution in [0, 0.1) is 6.92 Å². The second kappa shape index (κ2) is 12.6. The van der Waals surface area contributed by atoms with Gasteiger partial charge in [-0.25, -0.2) is 5.43 Å². The molecule has 3 aromatic carbocycles. The van der Waals surface area contributed by atoms with Crippen molar-refractivity contribution in [3.05, 3.63) is 94.2 Å². The number of halogens is 1. The van der Waals surface area contributed by atoms with Gasteiger partial charge in [0, 0.05) is 21.4 Å².